The fraction of sp³-hybridized carbons (Fsp3) is 0.333. The fourth-order valence-electron chi connectivity index (χ4n) is 3.95. The number of anilines is 1. The Morgan fingerprint density at radius 1 is 1.00 bits per heavy atom. The Morgan fingerprint density at radius 2 is 1.76 bits per heavy atom. The Labute approximate surface area is 217 Å². The molecule has 0 radical (unpaired) electrons. The van der Waals surface area contributed by atoms with Crippen molar-refractivity contribution in [3.8, 4) is 11.5 Å². The number of nitrogens with zero attached hydrogens (tertiary/aromatic N) is 2. The summed E-state index contributed by atoms with van der Waals surface area (Å²) in [5, 5.41) is 2.48. The number of aryl methyl sites for hydroxylation is 1. The summed E-state index contributed by atoms with van der Waals surface area (Å²) in [5.41, 5.74) is -0.118. The summed E-state index contributed by atoms with van der Waals surface area (Å²) in [5.74, 6) is 2.09. The molecule has 1 aromatic heterocycles. The lowest BCUT2D eigenvalue weighted by atomic mass is 10.1. The van der Waals surface area contributed by atoms with Gasteiger partial charge in [0.25, 0.3) is 0 Å². The minimum absolute atomic E-state index is 0.0220. The van der Waals surface area contributed by atoms with Gasteiger partial charge in [-0.15, -0.1) is 0 Å². The Morgan fingerprint density at radius 3 is 2.45 bits per heavy atom. The topological polar surface area (TPSA) is 84.2 Å². The number of rotatable bonds is 8. The molecule has 38 heavy (non-hydrogen) atoms. The molecule has 2 heterocycles. The Balaban J connectivity index is 1.51. The minimum Gasteiger partial charge on any atom is -0.464 e. The van der Waals surface area contributed by atoms with Crippen molar-refractivity contribution < 1.29 is 36.7 Å². The number of urea groups is 1. The molecule has 0 saturated heterocycles. The third-order valence-electron chi connectivity index (χ3n) is 5.94. The number of hydrogen-bond donors (Lipinski definition) is 1. The maximum Gasteiger partial charge on any atom is 0.416 e. The van der Waals surface area contributed by atoms with Gasteiger partial charge in [0, 0.05) is 18.3 Å². The number of hydrogen-bond acceptors (Lipinski definition) is 5. The van der Waals surface area contributed by atoms with Gasteiger partial charge in [0.05, 0.1) is 12.1 Å². The molecule has 1 aliphatic rings. The summed E-state index contributed by atoms with van der Waals surface area (Å²) >= 11 is 0. The van der Waals surface area contributed by atoms with Gasteiger partial charge in [-0.3, -0.25) is 4.79 Å². The van der Waals surface area contributed by atoms with E-state index in [0.717, 1.165) is 17.7 Å². The fourth-order valence-corrected chi connectivity index (χ4v) is 3.95. The summed E-state index contributed by atoms with van der Waals surface area (Å²) in [4.78, 5) is 29.4. The van der Waals surface area contributed by atoms with Crippen LogP contribution in [0, 0.1) is 6.92 Å². The number of benzene rings is 2. The van der Waals surface area contributed by atoms with Crippen LogP contribution in [0.5, 0.6) is 11.5 Å². The number of halogens is 3. The van der Waals surface area contributed by atoms with Gasteiger partial charge in [-0.2, -0.15) is 13.2 Å². The quantitative estimate of drug-likeness (QED) is 0.397. The Kier molecular flexibility index (Phi) is 7.84. The number of carbonyl (C=O) groups is 2. The first kappa shape index (κ1) is 26.9. The maximum atomic E-state index is 13.5. The maximum absolute atomic E-state index is 13.5. The summed E-state index contributed by atoms with van der Waals surface area (Å²) < 4.78 is 55.7. The normalized spacial score (nSPS) is 12.5. The van der Waals surface area contributed by atoms with E-state index < -0.39 is 23.8 Å². The molecular weight excluding hydrogens is 503 g/mol. The average molecular weight is 532 g/mol. The number of alkyl halides is 3. The van der Waals surface area contributed by atoms with Crippen molar-refractivity contribution in [2.24, 2.45) is 0 Å². The number of furan rings is 1. The molecule has 0 bridgehead atoms. The molecule has 8 nitrogen and oxygen atoms in total. The molecule has 0 saturated carbocycles. The highest BCUT2D eigenvalue weighted by atomic mass is 19.4. The summed E-state index contributed by atoms with van der Waals surface area (Å²) in [6.07, 6.45) is -4.55. The molecule has 3 amide bonds. The van der Waals surface area contributed by atoms with Gasteiger partial charge >= 0.3 is 12.2 Å². The summed E-state index contributed by atoms with van der Waals surface area (Å²) in [6.45, 7) is 5.42. The van der Waals surface area contributed by atoms with Gasteiger partial charge in [-0.25, -0.2) is 4.79 Å². The van der Waals surface area contributed by atoms with Crippen LogP contribution in [0.4, 0.5) is 23.7 Å². The molecule has 1 aliphatic heterocycles. The van der Waals surface area contributed by atoms with Crippen LogP contribution in [-0.4, -0.2) is 41.1 Å². The lowest BCUT2D eigenvalue weighted by Crippen LogP contribution is -2.47. The number of amides is 3. The first-order chi connectivity index (χ1) is 18.0. The smallest absolute Gasteiger partial charge is 0.416 e. The van der Waals surface area contributed by atoms with Gasteiger partial charge in [-0.1, -0.05) is 12.1 Å². The zero-order valence-corrected chi connectivity index (χ0v) is 21.2. The second-order valence-electron chi connectivity index (χ2n) is 9.18. The predicted octanol–water partition coefficient (Wildman–Crippen LogP) is 5.81. The highest BCUT2D eigenvalue weighted by Gasteiger charge is 2.31. The van der Waals surface area contributed by atoms with E-state index in [1.54, 1.807) is 49.9 Å². The van der Waals surface area contributed by atoms with Gasteiger partial charge in [0.15, 0.2) is 11.5 Å². The van der Waals surface area contributed by atoms with Crippen LogP contribution in [0.3, 0.4) is 0 Å². The molecule has 202 valence electrons. The van der Waals surface area contributed by atoms with E-state index in [2.05, 4.69) is 5.32 Å². The lowest BCUT2D eigenvalue weighted by Gasteiger charge is -2.30. The van der Waals surface area contributed by atoms with E-state index in [0.29, 0.717) is 23.0 Å². The standard InChI is InChI=1S/C27H28F3N3O5/c1-17(2)33(26(35)31-21-6-4-5-20(12-21)27(28,29)30)15-25(34)32(14-22-9-7-18(3)38-22)13-19-8-10-23-24(11-19)37-16-36-23/h4-12,17H,13-16H2,1-3H3,(H,31,35). The van der Waals surface area contributed by atoms with E-state index in [9.17, 15) is 22.8 Å². The molecule has 0 unspecified atom stereocenters. The van der Waals surface area contributed by atoms with E-state index in [4.69, 9.17) is 13.9 Å². The lowest BCUT2D eigenvalue weighted by molar-refractivity contribution is -0.137. The summed E-state index contributed by atoms with van der Waals surface area (Å²) in [7, 11) is 0. The zero-order chi connectivity index (χ0) is 27.4. The molecule has 3 aromatic rings. The first-order valence-electron chi connectivity index (χ1n) is 12.0. The van der Waals surface area contributed by atoms with Gasteiger partial charge < -0.3 is 29.0 Å². The van der Waals surface area contributed by atoms with Crippen LogP contribution in [-0.2, 0) is 24.1 Å². The SMILES string of the molecule is Cc1ccc(CN(Cc2ccc3c(c2)OCO3)C(=O)CN(C(=O)Nc2cccc(C(F)(F)F)c2)C(C)C)o1. The first-order valence-corrected chi connectivity index (χ1v) is 12.0. The van der Waals surface area contributed by atoms with Crippen LogP contribution in [0.1, 0.15) is 36.5 Å². The molecule has 0 fully saturated rings. The van der Waals surface area contributed by atoms with E-state index in [1.807, 2.05) is 6.07 Å². The van der Waals surface area contributed by atoms with Crippen LogP contribution in [0.15, 0.2) is 59.0 Å². The molecule has 1 N–H and O–H groups in total. The summed E-state index contributed by atoms with van der Waals surface area (Å²) in [6, 6.07) is 12.2. The van der Waals surface area contributed by atoms with Crippen LogP contribution in [0.2, 0.25) is 0 Å². The number of carbonyl (C=O) groups excluding carboxylic acids is 2. The Hall–Kier alpha value is -4.15. The molecule has 2 aromatic carbocycles. The minimum atomic E-state index is -4.55. The van der Waals surface area contributed by atoms with Crippen molar-refractivity contribution in [1.29, 1.82) is 0 Å². The largest absolute Gasteiger partial charge is 0.464 e. The number of fused-ring (bicyclic) bond motifs is 1. The highest BCUT2D eigenvalue weighted by Crippen LogP contribution is 2.33. The van der Waals surface area contributed by atoms with Gasteiger partial charge in [0.1, 0.15) is 18.1 Å². The van der Waals surface area contributed by atoms with Crippen molar-refractivity contribution in [1.82, 2.24) is 9.80 Å². The second-order valence-corrected chi connectivity index (χ2v) is 9.18. The highest BCUT2D eigenvalue weighted by molar-refractivity contribution is 5.92. The molecule has 0 atom stereocenters. The molecule has 0 aliphatic carbocycles. The monoisotopic (exact) mass is 531 g/mol. The van der Waals surface area contributed by atoms with Crippen LogP contribution in [0.25, 0.3) is 0 Å². The number of ether oxygens (including phenoxy) is 2. The van der Waals surface area contributed by atoms with Crippen molar-refractivity contribution in [3.63, 3.8) is 0 Å². The molecule has 4 rings (SSSR count). The van der Waals surface area contributed by atoms with E-state index >= 15 is 0 Å². The van der Waals surface area contributed by atoms with Crippen molar-refractivity contribution in [3.05, 3.63) is 77.2 Å². The van der Waals surface area contributed by atoms with Crippen molar-refractivity contribution in [2.75, 3.05) is 18.7 Å². The zero-order valence-electron chi connectivity index (χ0n) is 21.2. The number of nitrogens with one attached hydrogen (secondary N) is 1. The van der Waals surface area contributed by atoms with Crippen LogP contribution >= 0.6 is 0 Å². The average Bonchev–Trinajstić information content (AvgIpc) is 3.49. The van der Waals surface area contributed by atoms with Crippen molar-refractivity contribution in [2.45, 2.75) is 46.1 Å². The molecular formula is C27H28F3N3O5. The predicted molar refractivity (Wildman–Crippen MR) is 133 cm³/mol. The Bertz CT molecular complexity index is 1310. The third-order valence-corrected chi connectivity index (χ3v) is 5.94. The molecule has 11 heteroatoms. The second kappa shape index (κ2) is 11.1. The van der Waals surface area contributed by atoms with Crippen LogP contribution < -0.4 is 14.8 Å². The van der Waals surface area contributed by atoms with Gasteiger partial charge in [-0.05, 0) is 68.8 Å². The van der Waals surface area contributed by atoms with E-state index in [1.165, 1.54) is 17.0 Å². The molecule has 0 spiro atoms. The van der Waals surface area contributed by atoms with E-state index in [-0.39, 0.29) is 38.0 Å². The third kappa shape index (κ3) is 6.58. The van der Waals surface area contributed by atoms with Gasteiger partial charge in [0.2, 0.25) is 12.7 Å². The van der Waals surface area contributed by atoms with Crippen molar-refractivity contribution >= 4 is 17.6 Å².